The number of sulfonamides is 1. The summed E-state index contributed by atoms with van der Waals surface area (Å²) in [7, 11) is -3.70. The lowest BCUT2D eigenvalue weighted by Crippen LogP contribution is -2.24. The van der Waals surface area contributed by atoms with Crippen molar-refractivity contribution in [1.29, 1.82) is 0 Å². The molecule has 0 aromatic heterocycles. The summed E-state index contributed by atoms with van der Waals surface area (Å²) < 4.78 is 28.8. The first kappa shape index (κ1) is 19.5. The van der Waals surface area contributed by atoms with Gasteiger partial charge in [0, 0.05) is 20.2 Å². The molecular weight excluding hydrogens is 454 g/mol. The fraction of sp³-hybridized carbons (Fsp3) is 0.158. The molecule has 0 amide bonds. The van der Waals surface area contributed by atoms with E-state index in [1.165, 1.54) is 5.56 Å². The highest BCUT2D eigenvalue weighted by atomic mass is 79.9. The molecular formula is C19H17BrClNO2S2. The minimum absolute atomic E-state index is 0.204. The third-order valence-electron chi connectivity index (χ3n) is 3.82. The maximum Gasteiger partial charge on any atom is 0.263 e. The highest BCUT2D eigenvalue weighted by molar-refractivity contribution is 9.10. The first-order valence-corrected chi connectivity index (χ1v) is 11.6. The highest BCUT2D eigenvalue weighted by Crippen LogP contribution is 2.35. The largest absolute Gasteiger partial charge is 0.279 e. The van der Waals surface area contributed by atoms with Crippen molar-refractivity contribution < 1.29 is 8.42 Å². The van der Waals surface area contributed by atoms with E-state index in [0.717, 1.165) is 23.5 Å². The van der Waals surface area contributed by atoms with Crippen molar-refractivity contribution >= 4 is 49.3 Å². The zero-order chi connectivity index (χ0) is 18.6. The Morgan fingerprint density at radius 2 is 1.73 bits per heavy atom. The van der Waals surface area contributed by atoms with Gasteiger partial charge in [-0.3, -0.25) is 4.72 Å². The molecule has 0 unspecified atom stereocenters. The number of halogens is 2. The van der Waals surface area contributed by atoms with Crippen molar-refractivity contribution in [2.75, 3.05) is 0 Å². The van der Waals surface area contributed by atoms with Crippen LogP contribution in [0.4, 0.5) is 0 Å². The van der Waals surface area contributed by atoms with Gasteiger partial charge in [0.15, 0.2) is 0 Å². The van der Waals surface area contributed by atoms with E-state index >= 15 is 0 Å². The molecule has 0 bridgehead atoms. The van der Waals surface area contributed by atoms with Crippen molar-refractivity contribution in [3.8, 4) is 0 Å². The van der Waals surface area contributed by atoms with Crippen LogP contribution in [0.2, 0.25) is 0 Å². The molecule has 2 aromatic carbocycles. The van der Waals surface area contributed by atoms with Gasteiger partial charge in [-0.1, -0.05) is 54.1 Å². The second-order valence-corrected chi connectivity index (χ2v) is 9.80. The van der Waals surface area contributed by atoms with E-state index in [9.17, 15) is 8.42 Å². The molecule has 0 aliphatic heterocycles. The Bertz CT molecular complexity index is 957. The molecule has 1 aliphatic rings. The number of hydrogen-bond donors (Lipinski definition) is 1. The van der Waals surface area contributed by atoms with Crippen molar-refractivity contribution in [2.24, 2.45) is 0 Å². The molecule has 0 atom stereocenters. The van der Waals surface area contributed by atoms with Gasteiger partial charge in [0.1, 0.15) is 4.90 Å². The van der Waals surface area contributed by atoms with Crippen LogP contribution in [0.15, 0.2) is 85.7 Å². The predicted octanol–water partition coefficient (Wildman–Crippen LogP) is 5.79. The molecule has 136 valence electrons. The minimum Gasteiger partial charge on any atom is -0.279 e. The zero-order valence-corrected chi connectivity index (χ0v) is 17.8. The second kappa shape index (κ2) is 8.65. The lowest BCUT2D eigenvalue weighted by molar-refractivity contribution is 0.588. The van der Waals surface area contributed by atoms with Gasteiger partial charge in [0.25, 0.3) is 10.0 Å². The molecule has 0 fully saturated rings. The quantitative estimate of drug-likeness (QED) is 0.581. The van der Waals surface area contributed by atoms with Crippen molar-refractivity contribution in [1.82, 2.24) is 4.72 Å². The summed E-state index contributed by atoms with van der Waals surface area (Å²) in [4.78, 5) is 1.20. The average Bonchev–Trinajstić information content (AvgIpc) is 2.62. The Labute approximate surface area is 171 Å². The van der Waals surface area contributed by atoms with Crippen LogP contribution < -0.4 is 4.72 Å². The molecule has 3 rings (SSSR count). The fourth-order valence-electron chi connectivity index (χ4n) is 2.52. The van der Waals surface area contributed by atoms with Gasteiger partial charge in [0.05, 0.1) is 5.70 Å². The van der Waals surface area contributed by atoms with Crippen LogP contribution in [-0.4, -0.2) is 8.42 Å². The minimum atomic E-state index is -3.70. The first-order valence-electron chi connectivity index (χ1n) is 7.99. The van der Waals surface area contributed by atoms with Crippen LogP contribution in [0.25, 0.3) is 0 Å². The molecule has 0 spiro atoms. The molecule has 3 nitrogen and oxygen atoms in total. The normalized spacial score (nSPS) is 14.9. The number of hydrogen-bond acceptors (Lipinski definition) is 3. The Morgan fingerprint density at radius 3 is 2.46 bits per heavy atom. The van der Waals surface area contributed by atoms with Crippen LogP contribution in [0, 0.1) is 0 Å². The molecule has 0 saturated carbocycles. The second-order valence-electron chi connectivity index (χ2n) is 5.74. The van der Waals surface area contributed by atoms with E-state index in [4.69, 9.17) is 11.6 Å². The van der Waals surface area contributed by atoms with Gasteiger partial charge in [-0.05, 0) is 52.5 Å². The lowest BCUT2D eigenvalue weighted by atomic mass is 10.1. The smallest absolute Gasteiger partial charge is 0.263 e. The van der Waals surface area contributed by atoms with E-state index in [0.29, 0.717) is 15.2 Å². The third kappa shape index (κ3) is 4.94. The van der Waals surface area contributed by atoms with Crippen LogP contribution in [0.1, 0.15) is 18.4 Å². The Morgan fingerprint density at radius 1 is 1.04 bits per heavy atom. The zero-order valence-electron chi connectivity index (χ0n) is 13.8. The molecule has 0 radical (unpaired) electrons. The van der Waals surface area contributed by atoms with Crippen LogP contribution in [0.3, 0.4) is 0 Å². The SMILES string of the molecule is O=S(=O)(NC1=C(SCc2ccccc2)CCC(Cl)=C1)c1ccccc1Br. The summed E-state index contributed by atoms with van der Waals surface area (Å²) in [5.41, 5.74) is 1.75. The number of allylic oxidation sites excluding steroid dienone is 3. The van der Waals surface area contributed by atoms with E-state index in [2.05, 4.69) is 32.8 Å². The fourth-order valence-corrected chi connectivity index (χ4v) is 5.92. The summed E-state index contributed by atoms with van der Waals surface area (Å²) in [5.74, 6) is 0.780. The molecule has 0 saturated heterocycles. The van der Waals surface area contributed by atoms with Crippen molar-refractivity contribution in [2.45, 2.75) is 23.5 Å². The van der Waals surface area contributed by atoms with Gasteiger partial charge >= 0.3 is 0 Å². The average molecular weight is 471 g/mol. The highest BCUT2D eigenvalue weighted by Gasteiger charge is 2.22. The van der Waals surface area contributed by atoms with Crippen LogP contribution in [0.5, 0.6) is 0 Å². The number of rotatable bonds is 6. The van der Waals surface area contributed by atoms with Crippen LogP contribution in [-0.2, 0) is 15.8 Å². The first-order chi connectivity index (χ1) is 12.5. The van der Waals surface area contributed by atoms with E-state index in [1.807, 2.05) is 18.2 Å². The maximum absolute atomic E-state index is 12.8. The van der Waals surface area contributed by atoms with E-state index < -0.39 is 10.0 Å². The van der Waals surface area contributed by atoms with Crippen LogP contribution >= 0.6 is 39.3 Å². The topological polar surface area (TPSA) is 46.2 Å². The lowest BCUT2D eigenvalue weighted by Gasteiger charge is -2.19. The van der Waals surface area contributed by atoms with Gasteiger partial charge < -0.3 is 0 Å². The number of benzene rings is 2. The summed E-state index contributed by atoms with van der Waals surface area (Å²) in [6, 6.07) is 16.8. The van der Waals surface area contributed by atoms with Crippen molar-refractivity contribution in [3.05, 3.63) is 86.3 Å². The van der Waals surface area contributed by atoms with E-state index in [1.54, 1.807) is 42.1 Å². The molecule has 26 heavy (non-hydrogen) atoms. The summed E-state index contributed by atoms with van der Waals surface area (Å²) in [6.07, 6.45) is 3.16. The monoisotopic (exact) mass is 469 g/mol. The van der Waals surface area contributed by atoms with Gasteiger partial charge in [0.2, 0.25) is 0 Å². The standard InChI is InChI=1S/C19H17BrClNO2S2/c20-16-8-4-5-9-19(16)26(23,24)22-17-12-15(21)10-11-18(17)25-13-14-6-2-1-3-7-14/h1-9,12,22H,10-11,13H2. The van der Waals surface area contributed by atoms with Gasteiger partial charge in [-0.2, -0.15) is 0 Å². The molecule has 7 heteroatoms. The molecule has 1 aliphatic carbocycles. The summed E-state index contributed by atoms with van der Waals surface area (Å²) >= 11 is 11.1. The molecule has 1 N–H and O–H groups in total. The maximum atomic E-state index is 12.8. The Kier molecular flexibility index (Phi) is 6.51. The number of thioether (sulfide) groups is 1. The summed E-state index contributed by atoms with van der Waals surface area (Å²) in [6.45, 7) is 0. The van der Waals surface area contributed by atoms with E-state index in [-0.39, 0.29) is 4.90 Å². The molecule has 2 aromatic rings. The predicted molar refractivity (Wildman–Crippen MR) is 112 cm³/mol. The summed E-state index contributed by atoms with van der Waals surface area (Å²) in [5, 5.41) is 0.652. The molecule has 0 heterocycles. The van der Waals surface area contributed by atoms with Gasteiger partial charge in [-0.25, -0.2) is 8.42 Å². The Balaban J connectivity index is 1.86. The number of nitrogens with one attached hydrogen (secondary N) is 1. The Hall–Kier alpha value is -1.21. The third-order valence-corrected chi connectivity index (χ3v) is 7.74. The van der Waals surface area contributed by atoms with Crippen molar-refractivity contribution in [3.63, 3.8) is 0 Å². The van der Waals surface area contributed by atoms with Gasteiger partial charge in [-0.15, -0.1) is 11.8 Å².